The van der Waals surface area contributed by atoms with Crippen molar-refractivity contribution in [2.75, 3.05) is 0 Å². The molecule has 0 amide bonds. The minimum atomic E-state index is 0.667. The van der Waals surface area contributed by atoms with Crippen LogP contribution in [0.15, 0.2) is 148 Å². The minimum absolute atomic E-state index is 0.667. The summed E-state index contributed by atoms with van der Waals surface area (Å²) in [6.07, 6.45) is 0. The first-order valence-corrected chi connectivity index (χ1v) is 14.6. The molecule has 0 spiro atoms. The summed E-state index contributed by atoms with van der Waals surface area (Å²) in [5.74, 6) is 0. The van der Waals surface area contributed by atoms with E-state index in [2.05, 4.69) is 95.8 Å². The number of para-hydroxylation sites is 3. The normalized spacial score (nSPS) is 11.6. The van der Waals surface area contributed by atoms with E-state index < -0.39 is 0 Å². The Morgan fingerprint density at radius 2 is 0.955 bits per heavy atom. The summed E-state index contributed by atoms with van der Waals surface area (Å²) in [7, 11) is 0. The lowest BCUT2D eigenvalue weighted by Gasteiger charge is -2.09. The molecule has 9 aromatic rings. The second-order valence-corrected chi connectivity index (χ2v) is 11.2. The van der Waals surface area contributed by atoms with Gasteiger partial charge < -0.3 is 8.83 Å². The molecular weight excluding hydrogens is 538 g/mol. The van der Waals surface area contributed by atoms with Crippen molar-refractivity contribution in [1.82, 2.24) is 0 Å². The summed E-state index contributed by atoms with van der Waals surface area (Å²) in [5.41, 5.74) is 10.4. The van der Waals surface area contributed by atoms with Crippen LogP contribution in [0.5, 0.6) is 0 Å². The molecule has 0 saturated carbocycles. The highest BCUT2D eigenvalue weighted by atomic mass is 16.3. The third-order valence-corrected chi connectivity index (χ3v) is 8.69. The van der Waals surface area contributed by atoms with Crippen LogP contribution in [-0.4, -0.2) is 0 Å². The van der Waals surface area contributed by atoms with E-state index in [0.29, 0.717) is 5.69 Å². The van der Waals surface area contributed by atoms with E-state index in [1.165, 1.54) is 0 Å². The zero-order valence-electron chi connectivity index (χ0n) is 23.5. The molecule has 0 atom stereocenters. The van der Waals surface area contributed by atoms with Crippen LogP contribution < -0.4 is 0 Å². The van der Waals surface area contributed by atoms with Gasteiger partial charge in [-0.15, -0.1) is 0 Å². The van der Waals surface area contributed by atoms with Gasteiger partial charge in [-0.2, -0.15) is 0 Å². The van der Waals surface area contributed by atoms with Crippen LogP contribution in [0.4, 0.5) is 5.69 Å². The molecule has 0 aliphatic carbocycles. The molecule has 3 heteroatoms. The largest absolute Gasteiger partial charge is 0.455 e. The Hall–Kier alpha value is -6.11. The Morgan fingerprint density at radius 3 is 1.61 bits per heavy atom. The highest BCUT2D eigenvalue weighted by Gasteiger charge is 2.21. The molecule has 0 fully saturated rings. The Kier molecular flexibility index (Phi) is 5.26. The number of hydrogen-bond donors (Lipinski definition) is 0. The van der Waals surface area contributed by atoms with E-state index in [1.54, 1.807) is 0 Å². The van der Waals surface area contributed by atoms with E-state index in [4.69, 9.17) is 15.4 Å². The molecule has 9 rings (SSSR count). The summed E-state index contributed by atoms with van der Waals surface area (Å²) in [5, 5.41) is 6.69. The molecule has 3 nitrogen and oxygen atoms in total. The van der Waals surface area contributed by atoms with Crippen LogP contribution in [-0.2, 0) is 0 Å². The molecule has 7 aromatic carbocycles. The molecule has 0 bridgehead atoms. The fourth-order valence-corrected chi connectivity index (χ4v) is 6.54. The van der Waals surface area contributed by atoms with Gasteiger partial charge in [0, 0.05) is 21.5 Å². The summed E-state index contributed by atoms with van der Waals surface area (Å²) < 4.78 is 13.0. The first-order chi connectivity index (χ1) is 21.7. The average Bonchev–Trinajstić information content (AvgIpc) is 3.65. The van der Waals surface area contributed by atoms with E-state index in [-0.39, 0.29) is 0 Å². The second-order valence-electron chi connectivity index (χ2n) is 11.2. The predicted octanol–water partition coefficient (Wildman–Crippen LogP) is 12.2. The van der Waals surface area contributed by atoms with E-state index in [9.17, 15) is 0 Å². The third-order valence-electron chi connectivity index (χ3n) is 8.69. The SMILES string of the molecule is [C-]#[N+]c1ccccc1-c1ccc(-c2ccc3cc(-c4c5oc6ccccc6c5cc5c4oc4ccccc45)ccc3c2)cc1. The van der Waals surface area contributed by atoms with Gasteiger partial charge in [-0.05, 0) is 68.9 Å². The number of furan rings is 2. The van der Waals surface area contributed by atoms with Crippen LogP contribution in [0.1, 0.15) is 0 Å². The van der Waals surface area contributed by atoms with Crippen molar-refractivity contribution < 1.29 is 8.83 Å². The smallest absolute Gasteiger partial charge is 0.194 e. The minimum Gasteiger partial charge on any atom is -0.455 e. The summed E-state index contributed by atoms with van der Waals surface area (Å²) >= 11 is 0. The second kappa shape index (κ2) is 9.46. The van der Waals surface area contributed by atoms with Crippen LogP contribution in [0.3, 0.4) is 0 Å². The van der Waals surface area contributed by atoms with Crippen LogP contribution in [0.2, 0.25) is 0 Å². The molecule has 0 N–H and O–H groups in total. The van der Waals surface area contributed by atoms with Gasteiger partial charge in [0.2, 0.25) is 0 Å². The van der Waals surface area contributed by atoms with Crippen molar-refractivity contribution in [2.45, 2.75) is 0 Å². The summed E-state index contributed by atoms with van der Waals surface area (Å²) in [4.78, 5) is 3.68. The summed E-state index contributed by atoms with van der Waals surface area (Å²) in [6.45, 7) is 7.50. The molecule has 0 aliphatic heterocycles. The van der Waals surface area contributed by atoms with Gasteiger partial charge in [-0.3, -0.25) is 0 Å². The van der Waals surface area contributed by atoms with Crippen molar-refractivity contribution in [3.05, 3.63) is 151 Å². The number of benzene rings is 7. The number of nitrogens with zero attached hydrogens (tertiary/aromatic N) is 1. The third kappa shape index (κ3) is 3.68. The molecular formula is C41H23NO2. The van der Waals surface area contributed by atoms with Crippen molar-refractivity contribution in [3.8, 4) is 33.4 Å². The van der Waals surface area contributed by atoms with Gasteiger partial charge in [0.25, 0.3) is 0 Å². The Bertz CT molecular complexity index is 2520. The fraction of sp³-hybridized carbons (Fsp3) is 0. The lowest BCUT2D eigenvalue weighted by Crippen LogP contribution is -1.84. The lowest BCUT2D eigenvalue weighted by molar-refractivity contribution is 0.658. The van der Waals surface area contributed by atoms with Crippen molar-refractivity contribution in [2.24, 2.45) is 0 Å². The average molecular weight is 562 g/mol. The Morgan fingerprint density at radius 1 is 0.432 bits per heavy atom. The van der Waals surface area contributed by atoms with E-state index in [0.717, 1.165) is 88.0 Å². The summed E-state index contributed by atoms with van der Waals surface area (Å²) in [6, 6.07) is 48.0. The molecule has 204 valence electrons. The van der Waals surface area contributed by atoms with Crippen LogP contribution in [0.25, 0.3) is 92.9 Å². The van der Waals surface area contributed by atoms with Crippen molar-refractivity contribution in [3.63, 3.8) is 0 Å². The highest BCUT2D eigenvalue weighted by Crippen LogP contribution is 2.45. The number of rotatable bonds is 3. The maximum absolute atomic E-state index is 7.50. The first-order valence-electron chi connectivity index (χ1n) is 14.6. The van der Waals surface area contributed by atoms with Gasteiger partial charge in [-0.25, -0.2) is 4.85 Å². The quantitative estimate of drug-likeness (QED) is 0.201. The lowest BCUT2D eigenvalue weighted by atomic mass is 9.94. The maximum Gasteiger partial charge on any atom is 0.194 e. The maximum atomic E-state index is 7.50. The van der Waals surface area contributed by atoms with Gasteiger partial charge in [-0.1, -0.05) is 109 Å². The van der Waals surface area contributed by atoms with Crippen LogP contribution in [0, 0.1) is 6.57 Å². The van der Waals surface area contributed by atoms with Gasteiger partial charge in [0.1, 0.15) is 22.3 Å². The Balaban J connectivity index is 1.18. The topological polar surface area (TPSA) is 30.6 Å². The molecule has 2 heterocycles. The van der Waals surface area contributed by atoms with Gasteiger partial charge >= 0.3 is 0 Å². The molecule has 2 aromatic heterocycles. The molecule has 0 radical (unpaired) electrons. The van der Waals surface area contributed by atoms with E-state index in [1.807, 2.05) is 48.5 Å². The number of fused-ring (bicyclic) bond motifs is 7. The fourth-order valence-electron chi connectivity index (χ4n) is 6.54. The van der Waals surface area contributed by atoms with Gasteiger partial charge in [0.05, 0.1) is 12.1 Å². The monoisotopic (exact) mass is 561 g/mol. The van der Waals surface area contributed by atoms with Crippen molar-refractivity contribution >= 4 is 60.3 Å². The van der Waals surface area contributed by atoms with E-state index >= 15 is 0 Å². The molecule has 44 heavy (non-hydrogen) atoms. The highest BCUT2D eigenvalue weighted by molar-refractivity contribution is 6.22. The van der Waals surface area contributed by atoms with Gasteiger partial charge in [0.15, 0.2) is 5.69 Å². The predicted molar refractivity (Wildman–Crippen MR) is 181 cm³/mol. The Labute approximate surface area is 253 Å². The molecule has 0 aliphatic rings. The van der Waals surface area contributed by atoms with Crippen molar-refractivity contribution in [1.29, 1.82) is 0 Å². The van der Waals surface area contributed by atoms with Crippen LogP contribution >= 0.6 is 0 Å². The number of hydrogen-bond acceptors (Lipinski definition) is 2. The zero-order valence-corrected chi connectivity index (χ0v) is 23.5. The molecule has 0 unspecified atom stereocenters. The first kappa shape index (κ1) is 24.5. The standard InChI is InChI=1S/C41H23NO2/c1-42-36-11-5-2-8-31(36)26-16-14-25(15-17-26)27-18-19-29-23-30(21-20-28(29)22-27)39-40-34(32-9-3-6-12-37(32)43-40)24-35-33-10-4-7-13-38(33)44-41(35)39/h2-24H. The zero-order chi connectivity index (χ0) is 29.2. The molecule has 0 saturated heterocycles.